The van der Waals surface area contributed by atoms with Gasteiger partial charge in [-0.2, -0.15) is 0 Å². The maximum absolute atomic E-state index is 11.7. The number of β-amino-alcohol motifs (C(OH)–C–C–N with tert-alkyl or cyclic N) is 1. The van der Waals surface area contributed by atoms with Crippen molar-refractivity contribution in [1.29, 1.82) is 0 Å². The van der Waals surface area contributed by atoms with Gasteiger partial charge in [-0.25, -0.2) is 4.79 Å². The molecule has 1 saturated heterocycles. The predicted molar refractivity (Wildman–Crippen MR) is 90.1 cm³/mol. The summed E-state index contributed by atoms with van der Waals surface area (Å²) in [4.78, 5) is 13.9. The number of nitrogens with zero attached hydrogens (tertiary/aromatic N) is 1. The quantitative estimate of drug-likeness (QED) is 0.894. The van der Waals surface area contributed by atoms with Gasteiger partial charge in [0, 0.05) is 25.6 Å². The van der Waals surface area contributed by atoms with E-state index < -0.39 is 17.8 Å². The van der Waals surface area contributed by atoms with Crippen LogP contribution in [0, 0.1) is 5.92 Å². The van der Waals surface area contributed by atoms with Crippen LogP contribution in [0.25, 0.3) is 0 Å². The van der Waals surface area contributed by atoms with E-state index in [4.69, 9.17) is 4.74 Å². The number of piperidine rings is 1. The molecule has 2 atom stereocenters. The van der Waals surface area contributed by atoms with Crippen LogP contribution < -0.4 is 5.32 Å². The van der Waals surface area contributed by atoms with Crippen molar-refractivity contribution in [2.45, 2.75) is 45.4 Å². The van der Waals surface area contributed by atoms with E-state index in [1.807, 2.05) is 39.0 Å². The van der Waals surface area contributed by atoms with Gasteiger partial charge in [-0.05, 0) is 39.3 Å². The largest absolute Gasteiger partial charge is 0.444 e. The average molecular weight is 320 g/mol. The topological polar surface area (TPSA) is 61.8 Å². The first-order valence-corrected chi connectivity index (χ1v) is 8.25. The molecule has 128 valence electrons. The van der Waals surface area contributed by atoms with Gasteiger partial charge in [-0.15, -0.1) is 0 Å². The second-order valence-electron chi connectivity index (χ2n) is 7.22. The molecule has 0 radical (unpaired) electrons. The van der Waals surface area contributed by atoms with Crippen LogP contribution in [0.15, 0.2) is 30.3 Å². The van der Waals surface area contributed by atoms with Crippen LogP contribution in [-0.4, -0.2) is 47.4 Å². The maximum Gasteiger partial charge on any atom is 0.407 e. The second-order valence-corrected chi connectivity index (χ2v) is 7.22. The second kappa shape index (κ2) is 7.79. The molecule has 0 saturated carbocycles. The lowest BCUT2D eigenvalue weighted by Crippen LogP contribution is -2.47. The summed E-state index contributed by atoms with van der Waals surface area (Å²) in [5.74, 6) is 0.0783. The van der Waals surface area contributed by atoms with Gasteiger partial charge in [-0.1, -0.05) is 30.3 Å². The highest BCUT2D eigenvalue weighted by atomic mass is 16.6. The minimum Gasteiger partial charge on any atom is -0.444 e. The molecule has 1 fully saturated rings. The van der Waals surface area contributed by atoms with Crippen LogP contribution in [-0.2, 0) is 11.3 Å². The van der Waals surface area contributed by atoms with Crippen molar-refractivity contribution in [3.8, 4) is 0 Å². The van der Waals surface area contributed by atoms with E-state index in [9.17, 15) is 9.90 Å². The molecule has 0 aromatic heterocycles. The molecule has 1 aliphatic rings. The Morgan fingerprint density at radius 3 is 2.65 bits per heavy atom. The molecule has 5 nitrogen and oxygen atoms in total. The van der Waals surface area contributed by atoms with E-state index in [2.05, 4.69) is 22.3 Å². The molecular weight excluding hydrogens is 292 g/mol. The van der Waals surface area contributed by atoms with Crippen LogP contribution in [0.3, 0.4) is 0 Å². The Labute approximate surface area is 138 Å². The number of hydrogen-bond donors (Lipinski definition) is 2. The third-order valence-electron chi connectivity index (χ3n) is 3.96. The Balaban J connectivity index is 1.75. The SMILES string of the molecule is CC(C)(C)OC(=O)NCC1CCN(Cc2ccccc2)CC1O. The summed E-state index contributed by atoms with van der Waals surface area (Å²) < 4.78 is 5.22. The lowest BCUT2D eigenvalue weighted by Gasteiger charge is -2.36. The fourth-order valence-corrected chi connectivity index (χ4v) is 2.80. The normalized spacial score (nSPS) is 22.6. The Morgan fingerprint density at radius 1 is 1.35 bits per heavy atom. The molecule has 2 rings (SSSR count). The predicted octanol–water partition coefficient (Wildman–Crippen LogP) is 2.39. The lowest BCUT2D eigenvalue weighted by molar-refractivity contribution is 0.0150. The monoisotopic (exact) mass is 320 g/mol. The van der Waals surface area contributed by atoms with Crippen molar-refractivity contribution in [3.05, 3.63) is 35.9 Å². The Kier molecular flexibility index (Phi) is 6.02. The molecule has 0 aliphatic carbocycles. The zero-order valence-electron chi connectivity index (χ0n) is 14.3. The highest BCUT2D eigenvalue weighted by Crippen LogP contribution is 2.19. The van der Waals surface area contributed by atoms with Crippen LogP contribution in [0.4, 0.5) is 4.79 Å². The van der Waals surface area contributed by atoms with Crippen molar-refractivity contribution < 1.29 is 14.6 Å². The molecule has 2 N–H and O–H groups in total. The summed E-state index contributed by atoms with van der Waals surface area (Å²) in [6.45, 7) is 8.37. The van der Waals surface area contributed by atoms with Crippen LogP contribution in [0.2, 0.25) is 0 Å². The summed E-state index contributed by atoms with van der Waals surface area (Å²) in [7, 11) is 0. The maximum atomic E-state index is 11.7. The molecule has 0 spiro atoms. The number of nitrogens with one attached hydrogen (secondary N) is 1. The van der Waals surface area contributed by atoms with Gasteiger partial charge in [0.2, 0.25) is 0 Å². The molecule has 1 amide bonds. The first-order chi connectivity index (χ1) is 10.8. The van der Waals surface area contributed by atoms with Crippen LogP contribution in [0.1, 0.15) is 32.8 Å². The van der Waals surface area contributed by atoms with Crippen molar-refractivity contribution in [1.82, 2.24) is 10.2 Å². The fourth-order valence-electron chi connectivity index (χ4n) is 2.80. The van der Waals surface area contributed by atoms with Gasteiger partial charge in [0.25, 0.3) is 0 Å². The van der Waals surface area contributed by atoms with E-state index in [-0.39, 0.29) is 5.92 Å². The number of carbonyl (C=O) groups excluding carboxylic acids is 1. The first kappa shape index (κ1) is 17.8. The zero-order valence-corrected chi connectivity index (χ0v) is 14.3. The van der Waals surface area contributed by atoms with E-state index >= 15 is 0 Å². The Hall–Kier alpha value is -1.59. The molecule has 5 heteroatoms. The first-order valence-electron chi connectivity index (χ1n) is 8.25. The number of ether oxygens (including phenoxy) is 1. The highest BCUT2D eigenvalue weighted by molar-refractivity contribution is 5.67. The lowest BCUT2D eigenvalue weighted by atomic mass is 9.93. The van der Waals surface area contributed by atoms with Crippen molar-refractivity contribution >= 4 is 6.09 Å². The van der Waals surface area contributed by atoms with Gasteiger partial charge in [0.1, 0.15) is 5.60 Å². The van der Waals surface area contributed by atoms with Gasteiger partial charge in [-0.3, -0.25) is 4.90 Å². The van der Waals surface area contributed by atoms with Crippen molar-refractivity contribution in [2.24, 2.45) is 5.92 Å². The van der Waals surface area contributed by atoms with E-state index in [1.165, 1.54) is 5.56 Å². The van der Waals surface area contributed by atoms with Gasteiger partial charge in [0.05, 0.1) is 6.10 Å². The van der Waals surface area contributed by atoms with Crippen molar-refractivity contribution in [3.63, 3.8) is 0 Å². The smallest absolute Gasteiger partial charge is 0.407 e. The molecule has 1 aromatic carbocycles. The molecule has 1 aromatic rings. The third kappa shape index (κ3) is 6.20. The number of aliphatic hydroxyl groups is 1. The molecular formula is C18H28N2O3. The summed E-state index contributed by atoms with van der Waals surface area (Å²) >= 11 is 0. The molecule has 1 aliphatic heterocycles. The number of hydrogen-bond acceptors (Lipinski definition) is 4. The molecule has 23 heavy (non-hydrogen) atoms. The highest BCUT2D eigenvalue weighted by Gasteiger charge is 2.28. The molecule has 2 unspecified atom stereocenters. The van der Waals surface area contributed by atoms with Crippen molar-refractivity contribution in [2.75, 3.05) is 19.6 Å². The van der Waals surface area contributed by atoms with E-state index in [1.54, 1.807) is 0 Å². The zero-order chi connectivity index (χ0) is 16.9. The summed E-state index contributed by atoms with van der Waals surface area (Å²) in [5.41, 5.74) is 0.756. The van der Waals surface area contributed by atoms with Gasteiger partial charge < -0.3 is 15.2 Å². The van der Waals surface area contributed by atoms with Crippen LogP contribution >= 0.6 is 0 Å². The number of alkyl carbamates (subject to hydrolysis) is 1. The number of rotatable bonds is 4. The number of benzene rings is 1. The minimum atomic E-state index is -0.498. The summed E-state index contributed by atoms with van der Waals surface area (Å²) in [5, 5.41) is 13.1. The minimum absolute atomic E-state index is 0.0783. The standard InChI is InChI=1S/C18H28N2O3/c1-18(2,3)23-17(22)19-11-15-9-10-20(13-16(15)21)12-14-7-5-4-6-8-14/h4-8,15-16,21H,9-13H2,1-3H3,(H,19,22). The van der Waals surface area contributed by atoms with E-state index in [0.29, 0.717) is 13.1 Å². The molecule has 0 bridgehead atoms. The number of aliphatic hydroxyl groups excluding tert-OH is 1. The average Bonchev–Trinajstić information content (AvgIpc) is 2.45. The number of likely N-dealkylation sites (tertiary alicyclic amines) is 1. The molecule has 1 heterocycles. The fraction of sp³-hybridized carbons (Fsp3) is 0.611. The Morgan fingerprint density at radius 2 is 2.04 bits per heavy atom. The Bertz CT molecular complexity index is 499. The van der Waals surface area contributed by atoms with Gasteiger partial charge in [0.15, 0.2) is 0 Å². The van der Waals surface area contributed by atoms with Crippen LogP contribution in [0.5, 0.6) is 0 Å². The van der Waals surface area contributed by atoms with E-state index in [0.717, 1.165) is 19.5 Å². The van der Waals surface area contributed by atoms with Gasteiger partial charge >= 0.3 is 6.09 Å². The number of amides is 1. The summed E-state index contributed by atoms with van der Waals surface area (Å²) in [6.07, 6.45) is 0.0166. The third-order valence-corrected chi connectivity index (χ3v) is 3.96. The number of carbonyl (C=O) groups is 1. The summed E-state index contributed by atoms with van der Waals surface area (Å²) in [6, 6.07) is 10.3.